The Morgan fingerprint density at radius 2 is 1.92 bits per heavy atom. The molecule has 136 valence electrons. The van der Waals surface area contributed by atoms with Crippen molar-refractivity contribution in [3.63, 3.8) is 0 Å². The Balaban J connectivity index is 1.58. The molecule has 0 radical (unpaired) electrons. The van der Waals surface area contributed by atoms with E-state index < -0.39 is 0 Å². The quantitative estimate of drug-likeness (QED) is 0.634. The Labute approximate surface area is 151 Å². The number of aromatic amines is 1. The lowest BCUT2D eigenvalue weighted by molar-refractivity contribution is 0.237. The molecule has 1 atom stereocenters. The number of aromatic nitrogens is 2. The largest absolute Gasteiger partial charge is 0.493 e. The number of para-hydroxylation sites is 2. The van der Waals surface area contributed by atoms with E-state index in [1.54, 1.807) is 14.2 Å². The number of imidazole rings is 1. The van der Waals surface area contributed by atoms with Gasteiger partial charge in [0, 0.05) is 6.54 Å². The number of carbonyl (C=O) groups excluding carboxylic acids is 1. The number of amides is 2. The van der Waals surface area contributed by atoms with Crippen molar-refractivity contribution in [3.05, 3.63) is 53.9 Å². The summed E-state index contributed by atoms with van der Waals surface area (Å²) >= 11 is 0. The summed E-state index contributed by atoms with van der Waals surface area (Å²) in [6.07, 6.45) is 0. The van der Waals surface area contributed by atoms with Gasteiger partial charge in [0.25, 0.3) is 0 Å². The minimum Gasteiger partial charge on any atom is -0.493 e. The van der Waals surface area contributed by atoms with Crippen LogP contribution in [-0.4, -0.2) is 30.2 Å². The number of rotatable bonds is 6. The van der Waals surface area contributed by atoms with E-state index in [0.29, 0.717) is 23.9 Å². The van der Waals surface area contributed by atoms with Gasteiger partial charge in [0.1, 0.15) is 5.82 Å². The minimum atomic E-state index is -0.271. The number of urea groups is 1. The maximum Gasteiger partial charge on any atom is 0.315 e. The Morgan fingerprint density at radius 1 is 1.15 bits per heavy atom. The third kappa shape index (κ3) is 3.88. The molecule has 0 fully saturated rings. The standard InChI is InChI=1S/C19H22N4O3/c1-12(18-22-14-6-4-5-7-15(14)23-18)21-19(24)20-11-13-8-9-16(25-2)17(10-13)26-3/h4-10,12H,11H2,1-3H3,(H,22,23)(H2,20,21,24). The Kier molecular flexibility index (Phi) is 5.26. The van der Waals surface area contributed by atoms with E-state index in [9.17, 15) is 4.79 Å². The van der Waals surface area contributed by atoms with E-state index in [4.69, 9.17) is 9.47 Å². The van der Waals surface area contributed by atoms with Crippen LogP contribution in [0.5, 0.6) is 11.5 Å². The molecule has 1 aromatic heterocycles. The maximum atomic E-state index is 12.2. The van der Waals surface area contributed by atoms with Crippen LogP contribution in [0.2, 0.25) is 0 Å². The van der Waals surface area contributed by atoms with Crippen LogP contribution in [0, 0.1) is 0 Å². The predicted octanol–water partition coefficient (Wildman–Crippen LogP) is 3.14. The smallest absolute Gasteiger partial charge is 0.315 e. The molecule has 0 aliphatic heterocycles. The average Bonchev–Trinajstić information content (AvgIpc) is 3.10. The second-order valence-corrected chi connectivity index (χ2v) is 5.88. The highest BCUT2D eigenvalue weighted by atomic mass is 16.5. The number of ether oxygens (including phenoxy) is 2. The van der Waals surface area contributed by atoms with Crippen LogP contribution < -0.4 is 20.1 Å². The molecule has 7 nitrogen and oxygen atoms in total. The molecule has 3 rings (SSSR count). The van der Waals surface area contributed by atoms with Crippen molar-refractivity contribution in [2.24, 2.45) is 0 Å². The van der Waals surface area contributed by atoms with Crippen LogP contribution in [0.25, 0.3) is 11.0 Å². The molecule has 0 saturated heterocycles. The number of benzene rings is 2. The zero-order valence-corrected chi connectivity index (χ0v) is 15.0. The molecule has 3 N–H and O–H groups in total. The Bertz CT molecular complexity index is 874. The molecule has 1 unspecified atom stereocenters. The van der Waals surface area contributed by atoms with Gasteiger partial charge in [0.2, 0.25) is 0 Å². The summed E-state index contributed by atoms with van der Waals surface area (Å²) < 4.78 is 10.5. The third-order valence-corrected chi connectivity index (χ3v) is 4.07. The topological polar surface area (TPSA) is 88.3 Å². The van der Waals surface area contributed by atoms with Gasteiger partial charge in [-0.25, -0.2) is 9.78 Å². The number of nitrogens with one attached hydrogen (secondary N) is 3. The molecule has 1 heterocycles. The Hall–Kier alpha value is -3.22. The summed E-state index contributed by atoms with van der Waals surface area (Å²) in [4.78, 5) is 19.9. The molecule has 2 amide bonds. The molecule has 2 aromatic carbocycles. The molecule has 0 spiro atoms. The van der Waals surface area contributed by atoms with E-state index in [1.807, 2.05) is 49.4 Å². The highest BCUT2D eigenvalue weighted by Crippen LogP contribution is 2.27. The summed E-state index contributed by atoms with van der Waals surface area (Å²) in [5.41, 5.74) is 2.73. The van der Waals surface area contributed by atoms with Gasteiger partial charge in [0.15, 0.2) is 11.5 Å². The normalized spacial score (nSPS) is 11.8. The SMILES string of the molecule is COc1ccc(CNC(=O)NC(C)c2nc3ccccc3[nH]2)cc1OC. The summed E-state index contributed by atoms with van der Waals surface area (Å²) in [6, 6.07) is 12.8. The number of carbonyl (C=O) groups is 1. The lowest BCUT2D eigenvalue weighted by Gasteiger charge is -2.13. The molecule has 26 heavy (non-hydrogen) atoms. The van der Waals surface area contributed by atoms with Crippen LogP contribution in [0.3, 0.4) is 0 Å². The van der Waals surface area contributed by atoms with Crippen molar-refractivity contribution >= 4 is 17.1 Å². The van der Waals surface area contributed by atoms with E-state index in [-0.39, 0.29) is 12.1 Å². The van der Waals surface area contributed by atoms with Gasteiger partial charge in [-0.2, -0.15) is 0 Å². The summed E-state index contributed by atoms with van der Waals surface area (Å²) in [6.45, 7) is 2.26. The van der Waals surface area contributed by atoms with Crippen LogP contribution in [0.4, 0.5) is 4.79 Å². The van der Waals surface area contributed by atoms with Crippen molar-refractivity contribution in [1.82, 2.24) is 20.6 Å². The van der Waals surface area contributed by atoms with E-state index >= 15 is 0 Å². The number of H-pyrrole nitrogens is 1. The fraction of sp³-hybridized carbons (Fsp3) is 0.263. The predicted molar refractivity (Wildman–Crippen MR) is 99.4 cm³/mol. The first-order valence-electron chi connectivity index (χ1n) is 8.30. The number of hydrogen-bond acceptors (Lipinski definition) is 4. The molecular formula is C19H22N4O3. The zero-order valence-electron chi connectivity index (χ0n) is 15.0. The fourth-order valence-corrected chi connectivity index (χ4v) is 2.67. The van der Waals surface area contributed by atoms with Crippen molar-refractivity contribution in [1.29, 1.82) is 0 Å². The van der Waals surface area contributed by atoms with Gasteiger partial charge in [-0.05, 0) is 36.8 Å². The van der Waals surface area contributed by atoms with Crippen molar-refractivity contribution in [3.8, 4) is 11.5 Å². The highest BCUT2D eigenvalue weighted by molar-refractivity contribution is 5.76. The molecule has 0 saturated carbocycles. The Morgan fingerprint density at radius 3 is 2.65 bits per heavy atom. The molecule has 3 aromatic rings. The lowest BCUT2D eigenvalue weighted by atomic mass is 10.2. The van der Waals surface area contributed by atoms with Crippen LogP contribution in [-0.2, 0) is 6.54 Å². The summed E-state index contributed by atoms with van der Waals surface area (Å²) in [7, 11) is 3.17. The second kappa shape index (κ2) is 7.77. The first-order valence-corrected chi connectivity index (χ1v) is 8.30. The molecule has 7 heteroatoms. The lowest BCUT2D eigenvalue weighted by Crippen LogP contribution is -2.37. The fourth-order valence-electron chi connectivity index (χ4n) is 2.67. The summed E-state index contributed by atoms with van der Waals surface area (Å²) in [5, 5.41) is 5.71. The van der Waals surface area contributed by atoms with Gasteiger partial charge < -0.3 is 25.1 Å². The zero-order chi connectivity index (χ0) is 18.5. The van der Waals surface area contributed by atoms with E-state index in [0.717, 1.165) is 16.6 Å². The van der Waals surface area contributed by atoms with Gasteiger partial charge in [0.05, 0.1) is 31.3 Å². The number of fused-ring (bicyclic) bond motifs is 1. The number of methoxy groups -OCH3 is 2. The first-order chi connectivity index (χ1) is 12.6. The van der Waals surface area contributed by atoms with Crippen LogP contribution >= 0.6 is 0 Å². The first kappa shape index (κ1) is 17.6. The maximum absolute atomic E-state index is 12.2. The number of hydrogen-bond donors (Lipinski definition) is 3. The molecule has 0 aliphatic carbocycles. The van der Waals surface area contributed by atoms with E-state index in [1.165, 1.54) is 0 Å². The monoisotopic (exact) mass is 354 g/mol. The minimum absolute atomic E-state index is 0.243. The van der Waals surface area contributed by atoms with Gasteiger partial charge in [-0.15, -0.1) is 0 Å². The van der Waals surface area contributed by atoms with Crippen molar-refractivity contribution < 1.29 is 14.3 Å². The van der Waals surface area contributed by atoms with Gasteiger partial charge >= 0.3 is 6.03 Å². The number of nitrogens with zero attached hydrogens (tertiary/aromatic N) is 1. The van der Waals surface area contributed by atoms with E-state index in [2.05, 4.69) is 20.6 Å². The van der Waals surface area contributed by atoms with Crippen LogP contribution in [0.1, 0.15) is 24.4 Å². The molecular weight excluding hydrogens is 332 g/mol. The van der Waals surface area contributed by atoms with Gasteiger partial charge in [-0.3, -0.25) is 0 Å². The van der Waals surface area contributed by atoms with Crippen molar-refractivity contribution in [2.45, 2.75) is 19.5 Å². The van der Waals surface area contributed by atoms with Crippen molar-refractivity contribution in [2.75, 3.05) is 14.2 Å². The second-order valence-electron chi connectivity index (χ2n) is 5.88. The molecule has 0 bridgehead atoms. The average molecular weight is 354 g/mol. The highest BCUT2D eigenvalue weighted by Gasteiger charge is 2.13. The molecule has 0 aliphatic rings. The summed E-state index contributed by atoms with van der Waals surface area (Å²) in [5.74, 6) is 1.99. The third-order valence-electron chi connectivity index (χ3n) is 4.07. The van der Waals surface area contributed by atoms with Crippen LogP contribution in [0.15, 0.2) is 42.5 Å². The van der Waals surface area contributed by atoms with Gasteiger partial charge in [-0.1, -0.05) is 18.2 Å².